The zero-order valence-electron chi connectivity index (χ0n) is 11.9. The zero-order chi connectivity index (χ0) is 13.9. The first-order valence-corrected chi connectivity index (χ1v) is 7.95. The zero-order valence-corrected chi connectivity index (χ0v) is 12.7. The molecule has 1 aliphatic rings. The lowest BCUT2D eigenvalue weighted by molar-refractivity contribution is 0.00620. The van der Waals surface area contributed by atoms with Crippen LogP contribution >= 0.6 is 11.6 Å². The molecule has 1 aliphatic heterocycles. The number of alkyl halides is 1. The van der Waals surface area contributed by atoms with Gasteiger partial charge < -0.3 is 9.30 Å². The van der Waals surface area contributed by atoms with Crippen molar-refractivity contribution in [1.82, 2.24) is 9.55 Å². The van der Waals surface area contributed by atoms with Crippen LogP contribution in [0.15, 0.2) is 18.2 Å². The van der Waals surface area contributed by atoms with E-state index in [1.54, 1.807) is 0 Å². The number of benzene rings is 1. The van der Waals surface area contributed by atoms with Crippen LogP contribution in [0.5, 0.6) is 0 Å². The van der Waals surface area contributed by atoms with Crippen LogP contribution in [0.25, 0.3) is 11.0 Å². The summed E-state index contributed by atoms with van der Waals surface area (Å²) in [5, 5.41) is 0. The van der Waals surface area contributed by atoms with Gasteiger partial charge in [-0.3, -0.25) is 0 Å². The van der Waals surface area contributed by atoms with E-state index < -0.39 is 0 Å². The lowest BCUT2D eigenvalue weighted by atomic mass is 10.1. The fourth-order valence-corrected chi connectivity index (χ4v) is 3.21. The van der Waals surface area contributed by atoms with Crippen molar-refractivity contribution in [2.24, 2.45) is 0 Å². The van der Waals surface area contributed by atoms with Crippen LogP contribution < -0.4 is 0 Å². The third-order valence-electron chi connectivity index (χ3n) is 4.03. The third kappa shape index (κ3) is 2.70. The summed E-state index contributed by atoms with van der Waals surface area (Å²) >= 11 is 5.93. The maximum Gasteiger partial charge on any atom is 0.111 e. The predicted molar refractivity (Wildman–Crippen MR) is 82.5 cm³/mol. The van der Waals surface area contributed by atoms with Gasteiger partial charge in [0.2, 0.25) is 0 Å². The van der Waals surface area contributed by atoms with Crippen LogP contribution in [-0.2, 0) is 17.7 Å². The molecule has 3 rings (SSSR count). The van der Waals surface area contributed by atoms with E-state index in [-0.39, 0.29) is 0 Å². The van der Waals surface area contributed by atoms with Crippen molar-refractivity contribution in [3.8, 4) is 0 Å². The van der Waals surface area contributed by atoms with Crippen LogP contribution in [0.1, 0.15) is 30.7 Å². The molecule has 0 radical (unpaired) electrons. The van der Waals surface area contributed by atoms with Gasteiger partial charge in [-0.25, -0.2) is 4.98 Å². The summed E-state index contributed by atoms with van der Waals surface area (Å²) < 4.78 is 8.21. The normalized spacial score (nSPS) is 19.6. The Bertz CT molecular complexity index is 587. The second-order valence-corrected chi connectivity index (χ2v) is 5.89. The largest absolute Gasteiger partial charge is 0.376 e. The molecule has 3 nitrogen and oxygen atoms in total. The number of ether oxygens (including phenoxy) is 1. The van der Waals surface area contributed by atoms with Crippen molar-refractivity contribution in [2.75, 3.05) is 12.5 Å². The van der Waals surface area contributed by atoms with Crippen molar-refractivity contribution in [3.63, 3.8) is 0 Å². The Morgan fingerprint density at radius 1 is 1.40 bits per heavy atom. The van der Waals surface area contributed by atoms with Crippen LogP contribution in [0.3, 0.4) is 0 Å². The summed E-state index contributed by atoms with van der Waals surface area (Å²) in [6.07, 6.45) is 4.72. The summed E-state index contributed by atoms with van der Waals surface area (Å²) in [6, 6.07) is 6.29. The van der Waals surface area contributed by atoms with Crippen LogP contribution in [-0.4, -0.2) is 28.1 Å². The monoisotopic (exact) mass is 292 g/mol. The fraction of sp³-hybridized carbons (Fsp3) is 0.562. The highest BCUT2D eigenvalue weighted by atomic mass is 35.5. The van der Waals surface area contributed by atoms with E-state index in [2.05, 4.69) is 29.7 Å². The van der Waals surface area contributed by atoms with E-state index in [0.29, 0.717) is 12.0 Å². The first-order valence-electron chi connectivity index (χ1n) is 7.42. The molecule has 1 atom stereocenters. The van der Waals surface area contributed by atoms with Crippen molar-refractivity contribution < 1.29 is 4.74 Å². The molecule has 108 valence electrons. The van der Waals surface area contributed by atoms with Gasteiger partial charge in [0.15, 0.2) is 0 Å². The van der Waals surface area contributed by atoms with Crippen LogP contribution in [0, 0.1) is 6.92 Å². The van der Waals surface area contributed by atoms with Gasteiger partial charge in [-0.15, -0.1) is 11.6 Å². The van der Waals surface area contributed by atoms with Crippen LogP contribution in [0.4, 0.5) is 0 Å². The summed E-state index contributed by atoms with van der Waals surface area (Å²) in [5.41, 5.74) is 3.58. The Hall–Kier alpha value is -1.06. The molecule has 1 fully saturated rings. The summed E-state index contributed by atoms with van der Waals surface area (Å²) in [5.74, 6) is 1.69. The van der Waals surface area contributed by atoms with Crippen molar-refractivity contribution in [1.29, 1.82) is 0 Å². The molecule has 2 heterocycles. The number of aromatic nitrogens is 2. The molecule has 0 saturated carbocycles. The number of para-hydroxylation sites is 1. The molecule has 0 bridgehead atoms. The molecule has 0 aliphatic carbocycles. The highest BCUT2D eigenvalue weighted by molar-refractivity contribution is 6.17. The Balaban J connectivity index is 1.98. The minimum absolute atomic E-state index is 0.315. The van der Waals surface area contributed by atoms with E-state index in [1.807, 2.05) is 0 Å². The number of hydrogen-bond donors (Lipinski definition) is 0. The molecule has 2 aromatic rings. The van der Waals surface area contributed by atoms with Gasteiger partial charge in [-0.05, 0) is 37.8 Å². The maximum atomic E-state index is 5.93. The minimum Gasteiger partial charge on any atom is -0.376 e. The first-order chi connectivity index (χ1) is 9.79. The maximum absolute atomic E-state index is 5.93. The lowest BCUT2D eigenvalue weighted by Gasteiger charge is -2.24. The summed E-state index contributed by atoms with van der Waals surface area (Å²) in [7, 11) is 0. The third-order valence-corrected chi connectivity index (χ3v) is 4.21. The second-order valence-electron chi connectivity index (χ2n) is 5.51. The van der Waals surface area contributed by atoms with E-state index in [0.717, 1.165) is 37.3 Å². The van der Waals surface area contributed by atoms with Crippen LogP contribution in [0.2, 0.25) is 0 Å². The van der Waals surface area contributed by atoms with Gasteiger partial charge in [0.05, 0.1) is 23.7 Å². The second kappa shape index (κ2) is 6.15. The molecular weight excluding hydrogens is 272 g/mol. The SMILES string of the molecule is Cc1cccc2nc(CCCl)n(CC3CCCCO3)c12. The number of imidazole rings is 1. The number of nitrogens with zero attached hydrogens (tertiary/aromatic N) is 2. The number of aryl methyl sites for hydroxylation is 2. The molecular formula is C16H21ClN2O. The topological polar surface area (TPSA) is 27.1 Å². The van der Waals surface area contributed by atoms with E-state index in [4.69, 9.17) is 21.3 Å². The quantitative estimate of drug-likeness (QED) is 0.804. The molecule has 1 saturated heterocycles. The lowest BCUT2D eigenvalue weighted by Crippen LogP contribution is -2.25. The number of fused-ring (bicyclic) bond motifs is 1. The van der Waals surface area contributed by atoms with Gasteiger partial charge in [0, 0.05) is 18.9 Å². The highest BCUT2D eigenvalue weighted by Crippen LogP contribution is 2.23. The molecule has 1 aromatic heterocycles. The van der Waals surface area contributed by atoms with Gasteiger partial charge in [0.1, 0.15) is 5.82 Å². The van der Waals surface area contributed by atoms with Crippen molar-refractivity contribution >= 4 is 22.6 Å². The fourth-order valence-electron chi connectivity index (χ4n) is 3.04. The molecule has 4 heteroatoms. The predicted octanol–water partition coefficient (Wildman–Crippen LogP) is 3.70. The molecule has 1 aromatic carbocycles. The average Bonchev–Trinajstić information content (AvgIpc) is 2.80. The number of rotatable bonds is 4. The van der Waals surface area contributed by atoms with E-state index in [9.17, 15) is 0 Å². The summed E-state index contributed by atoms with van der Waals surface area (Å²) in [4.78, 5) is 4.75. The summed E-state index contributed by atoms with van der Waals surface area (Å²) in [6.45, 7) is 3.93. The van der Waals surface area contributed by atoms with Gasteiger partial charge in [-0.2, -0.15) is 0 Å². The standard InChI is InChI=1S/C16H21ClN2O/c1-12-5-4-7-14-16(12)19(15(18-14)8-9-17)11-13-6-2-3-10-20-13/h4-5,7,13H,2-3,6,8-11H2,1H3. The number of halogens is 1. The van der Waals surface area contributed by atoms with E-state index >= 15 is 0 Å². The average molecular weight is 293 g/mol. The molecule has 0 amide bonds. The van der Waals surface area contributed by atoms with Gasteiger partial charge in [0.25, 0.3) is 0 Å². The Labute approximate surface area is 124 Å². The number of hydrogen-bond acceptors (Lipinski definition) is 2. The Kier molecular flexibility index (Phi) is 4.27. The molecule has 1 unspecified atom stereocenters. The van der Waals surface area contributed by atoms with E-state index in [1.165, 1.54) is 23.9 Å². The Morgan fingerprint density at radius 3 is 3.05 bits per heavy atom. The van der Waals surface area contributed by atoms with Crippen molar-refractivity contribution in [2.45, 2.75) is 45.3 Å². The minimum atomic E-state index is 0.315. The van der Waals surface area contributed by atoms with Crippen molar-refractivity contribution in [3.05, 3.63) is 29.6 Å². The molecule has 0 spiro atoms. The smallest absolute Gasteiger partial charge is 0.111 e. The Morgan fingerprint density at radius 2 is 2.30 bits per heavy atom. The molecule has 20 heavy (non-hydrogen) atoms. The first kappa shape index (κ1) is 13.9. The van der Waals surface area contributed by atoms with Gasteiger partial charge >= 0.3 is 0 Å². The molecule has 0 N–H and O–H groups in total. The highest BCUT2D eigenvalue weighted by Gasteiger charge is 2.19. The van der Waals surface area contributed by atoms with Gasteiger partial charge in [-0.1, -0.05) is 12.1 Å².